The van der Waals surface area contributed by atoms with Gasteiger partial charge in [-0.05, 0) is 6.07 Å². The molecular formula is C12H16N2O4. The highest BCUT2D eigenvalue weighted by atomic mass is 16.5. The van der Waals surface area contributed by atoms with Crippen LogP contribution in [0, 0.1) is 0 Å². The zero-order valence-corrected chi connectivity index (χ0v) is 10.4. The minimum Gasteiger partial charge on any atom is -0.506 e. The fraction of sp³-hybridized carbons (Fsp3) is 0.500. The van der Waals surface area contributed by atoms with Gasteiger partial charge in [0.05, 0.1) is 11.8 Å². The van der Waals surface area contributed by atoms with Crippen LogP contribution in [0.2, 0.25) is 0 Å². The van der Waals surface area contributed by atoms with E-state index in [1.165, 1.54) is 18.5 Å². The Labute approximate surface area is 105 Å². The van der Waals surface area contributed by atoms with Crippen molar-refractivity contribution in [2.45, 2.75) is 12.2 Å². The van der Waals surface area contributed by atoms with Gasteiger partial charge >= 0.3 is 0 Å². The molecule has 2 unspecified atom stereocenters. The van der Waals surface area contributed by atoms with E-state index >= 15 is 0 Å². The predicted molar refractivity (Wildman–Crippen MR) is 63.4 cm³/mol. The molecule has 0 spiro atoms. The molecule has 18 heavy (non-hydrogen) atoms. The lowest BCUT2D eigenvalue weighted by atomic mass is 10.2. The van der Waals surface area contributed by atoms with Crippen LogP contribution in [0.25, 0.3) is 0 Å². The maximum absolute atomic E-state index is 12.2. The van der Waals surface area contributed by atoms with E-state index in [2.05, 4.69) is 4.98 Å². The summed E-state index contributed by atoms with van der Waals surface area (Å²) in [6.07, 6.45) is 2.48. The SMILES string of the molecule is COC1CN(C(=O)c2cncc(O)c2)CC1OC. The number of amides is 1. The van der Waals surface area contributed by atoms with Gasteiger partial charge in [0.2, 0.25) is 0 Å². The highest BCUT2D eigenvalue weighted by Crippen LogP contribution is 2.19. The molecule has 1 N–H and O–H groups in total. The summed E-state index contributed by atoms with van der Waals surface area (Å²) in [5, 5.41) is 9.32. The zero-order chi connectivity index (χ0) is 13.1. The minimum atomic E-state index is -0.181. The van der Waals surface area contributed by atoms with Gasteiger partial charge in [0.15, 0.2) is 0 Å². The molecule has 98 valence electrons. The Morgan fingerprint density at radius 2 is 1.94 bits per heavy atom. The lowest BCUT2D eigenvalue weighted by Gasteiger charge is -2.15. The molecule has 1 saturated heterocycles. The first-order chi connectivity index (χ1) is 8.65. The Kier molecular flexibility index (Phi) is 3.78. The van der Waals surface area contributed by atoms with Crippen molar-refractivity contribution >= 4 is 5.91 Å². The van der Waals surface area contributed by atoms with Gasteiger partial charge in [-0.15, -0.1) is 0 Å². The number of methoxy groups -OCH3 is 2. The fourth-order valence-corrected chi connectivity index (χ4v) is 2.09. The molecule has 6 heteroatoms. The van der Waals surface area contributed by atoms with Gasteiger partial charge in [-0.2, -0.15) is 0 Å². The number of likely N-dealkylation sites (tertiary alicyclic amines) is 1. The van der Waals surface area contributed by atoms with E-state index in [1.54, 1.807) is 19.1 Å². The van der Waals surface area contributed by atoms with Crippen molar-refractivity contribution in [2.24, 2.45) is 0 Å². The number of hydrogen-bond acceptors (Lipinski definition) is 5. The Morgan fingerprint density at radius 3 is 2.44 bits per heavy atom. The highest BCUT2D eigenvalue weighted by molar-refractivity contribution is 5.94. The van der Waals surface area contributed by atoms with Gasteiger partial charge in [0, 0.05) is 33.5 Å². The van der Waals surface area contributed by atoms with E-state index in [-0.39, 0.29) is 23.9 Å². The smallest absolute Gasteiger partial charge is 0.255 e. The van der Waals surface area contributed by atoms with Crippen molar-refractivity contribution in [1.29, 1.82) is 0 Å². The number of pyridine rings is 1. The normalized spacial score (nSPS) is 23.3. The minimum absolute atomic E-state index is 0.0216. The molecule has 0 aromatic carbocycles. The Balaban J connectivity index is 2.11. The summed E-state index contributed by atoms with van der Waals surface area (Å²) >= 11 is 0. The van der Waals surface area contributed by atoms with Gasteiger partial charge in [-0.3, -0.25) is 9.78 Å². The Bertz CT molecular complexity index is 426. The lowest BCUT2D eigenvalue weighted by molar-refractivity contribution is -0.00461. The maximum Gasteiger partial charge on any atom is 0.255 e. The number of rotatable bonds is 3. The molecule has 2 atom stereocenters. The monoisotopic (exact) mass is 252 g/mol. The standard InChI is InChI=1S/C12H16N2O4/c1-17-10-6-14(7-11(10)18-2)12(16)8-3-9(15)5-13-4-8/h3-5,10-11,15H,6-7H2,1-2H3. The third kappa shape index (κ3) is 2.44. The first kappa shape index (κ1) is 12.8. The quantitative estimate of drug-likeness (QED) is 0.836. The summed E-state index contributed by atoms with van der Waals surface area (Å²) in [5.41, 5.74) is 0.363. The number of carbonyl (C=O) groups excluding carboxylic acids is 1. The number of ether oxygens (including phenoxy) is 2. The van der Waals surface area contributed by atoms with Gasteiger partial charge in [-0.25, -0.2) is 0 Å². The van der Waals surface area contributed by atoms with Crippen LogP contribution in [0.15, 0.2) is 18.5 Å². The van der Waals surface area contributed by atoms with E-state index in [9.17, 15) is 9.90 Å². The fourth-order valence-electron chi connectivity index (χ4n) is 2.09. The molecule has 0 saturated carbocycles. The van der Waals surface area contributed by atoms with Gasteiger partial charge < -0.3 is 19.5 Å². The number of nitrogens with zero attached hydrogens (tertiary/aromatic N) is 2. The number of aromatic hydroxyl groups is 1. The summed E-state index contributed by atoms with van der Waals surface area (Å²) in [4.78, 5) is 17.6. The Morgan fingerprint density at radius 1 is 1.33 bits per heavy atom. The average Bonchev–Trinajstić information content (AvgIpc) is 2.81. The van der Waals surface area contributed by atoms with E-state index in [0.717, 1.165) is 0 Å². The van der Waals surface area contributed by atoms with Gasteiger partial charge in [0.25, 0.3) is 5.91 Å². The molecule has 1 aromatic heterocycles. The van der Waals surface area contributed by atoms with Crippen LogP contribution < -0.4 is 0 Å². The highest BCUT2D eigenvalue weighted by Gasteiger charge is 2.35. The van der Waals surface area contributed by atoms with E-state index < -0.39 is 0 Å². The number of aromatic nitrogens is 1. The van der Waals surface area contributed by atoms with Crippen LogP contribution in [-0.4, -0.2) is 60.4 Å². The van der Waals surface area contributed by atoms with Crippen molar-refractivity contribution in [3.05, 3.63) is 24.0 Å². The van der Waals surface area contributed by atoms with Crippen LogP contribution in [-0.2, 0) is 9.47 Å². The largest absolute Gasteiger partial charge is 0.506 e. The van der Waals surface area contributed by atoms with Gasteiger partial charge in [-0.1, -0.05) is 0 Å². The number of carbonyl (C=O) groups is 1. The van der Waals surface area contributed by atoms with Crippen LogP contribution >= 0.6 is 0 Å². The molecule has 1 aliphatic rings. The van der Waals surface area contributed by atoms with E-state index in [4.69, 9.17) is 9.47 Å². The lowest BCUT2D eigenvalue weighted by Crippen LogP contribution is -2.30. The summed E-state index contributed by atoms with van der Waals surface area (Å²) in [6.45, 7) is 0.951. The van der Waals surface area contributed by atoms with Crippen molar-refractivity contribution in [3.63, 3.8) is 0 Å². The molecule has 2 rings (SSSR count). The van der Waals surface area contributed by atoms with Crippen molar-refractivity contribution < 1.29 is 19.4 Å². The van der Waals surface area contributed by atoms with Crippen LogP contribution in [0.3, 0.4) is 0 Å². The first-order valence-corrected chi connectivity index (χ1v) is 5.64. The third-order valence-corrected chi connectivity index (χ3v) is 3.08. The average molecular weight is 252 g/mol. The Hall–Kier alpha value is -1.66. The second-order valence-electron chi connectivity index (χ2n) is 4.19. The van der Waals surface area contributed by atoms with Crippen LogP contribution in [0.5, 0.6) is 5.75 Å². The second-order valence-corrected chi connectivity index (χ2v) is 4.19. The van der Waals surface area contributed by atoms with Crippen molar-refractivity contribution in [3.8, 4) is 5.75 Å². The first-order valence-electron chi connectivity index (χ1n) is 5.64. The molecule has 1 fully saturated rings. The molecular weight excluding hydrogens is 236 g/mol. The van der Waals surface area contributed by atoms with E-state index in [0.29, 0.717) is 18.7 Å². The third-order valence-electron chi connectivity index (χ3n) is 3.08. The van der Waals surface area contributed by atoms with Crippen molar-refractivity contribution in [2.75, 3.05) is 27.3 Å². The zero-order valence-electron chi connectivity index (χ0n) is 10.4. The molecule has 6 nitrogen and oxygen atoms in total. The molecule has 0 bridgehead atoms. The molecule has 0 radical (unpaired) electrons. The molecule has 1 aromatic rings. The summed E-state index contributed by atoms with van der Waals surface area (Å²) < 4.78 is 10.5. The molecule has 1 aliphatic heterocycles. The topological polar surface area (TPSA) is 71.9 Å². The van der Waals surface area contributed by atoms with Crippen LogP contribution in [0.4, 0.5) is 0 Å². The van der Waals surface area contributed by atoms with Gasteiger partial charge in [0.1, 0.15) is 18.0 Å². The summed E-state index contributed by atoms with van der Waals surface area (Å²) in [6, 6.07) is 1.40. The van der Waals surface area contributed by atoms with Crippen molar-refractivity contribution in [1.82, 2.24) is 9.88 Å². The second kappa shape index (κ2) is 5.32. The summed E-state index contributed by atoms with van der Waals surface area (Å²) in [7, 11) is 3.20. The molecule has 0 aliphatic carbocycles. The summed E-state index contributed by atoms with van der Waals surface area (Å²) in [5.74, 6) is -0.202. The maximum atomic E-state index is 12.2. The molecule has 1 amide bonds. The molecule has 2 heterocycles. The van der Waals surface area contributed by atoms with E-state index in [1.807, 2.05) is 0 Å². The van der Waals surface area contributed by atoms with Crippen LogP contribution in [0.1, 0.15) is 10.4 Å². The number of hydrogen-bond donors (Lipinski definition) is 1. The predicted octanol–water partition coefficient (Wildman–Crippen LogP) is 0.273.